The molecule has 1 heterocycles. The fraction of sp³-hybridized carbons (Fsp3) is 0.200. The van der Waals surface area contributed by atoms with E-state index < -0.39 is 17.7 Å². The fourth-order valence-corrected chi connectivity index (χ4v) is 2.13. The first-order chi connectivity index (χ1) is 10.1. The lowest BCUT2D eigenvalue weighted by molar-refractivity contribution is -0.135. The van der Waals surface area contributed by atoms with E-state index in [2.05, 4.69) is 10.6 Å². The van der Waals surface area contributed by atoms with Crippen LogP contribution in [0.1, 0.15) is 18.4 Å². The van der Waals surface area contributed by atoms with Crippen LogP contribution in [0.4, 0.5) is 0 Å². The van der Waals surface area contributed by atoms with Gasteiger partial charge in [-0.05, 0) is 30.3 Å². The van der Waals surface area contributed by atoms with Crippen molar-refractivity contribution in [3.8, 4) is 0 Å². The highest BCUT2D eigenvalue weighted by molar-refractivity contribution is 7.80. The van der Waals surface area contributed by atoms with Crippen LogP contribution in [0.25, 0.3) is 6.08 Å². The van der Waals surface area contributed by atoms with E-state index in [1.165, 1.54) is 6.08 Å². The molecule has 0 radical (unpaired) electrons. The maximum absolute atomic E-state index is 11.8. The van der Waals surface area contributed by atoms with E-state index in [1.54, 1.807) is 6.08 Å². The molecule has 1 aliphatic heterocycles. The minimum absolute atomic E-state index is 0.0107. The van der Waals surface area contributed by atoms with Crippen molar-refractivity contribution in [1.82, 2.24) is 10.6 Å². The van der Waals surface area contributed by atoms with Gasteiger partial charge in [-0.2, -0.15) is 0 Å². The second kappa shape index (κ2) is 6.90. The number of thiocarbonyl (C=S) groups is 1. The Bertz CT molecular complexity index is 591. The number of ketones is 1. The number of carbonyl (C=O) groups excluding carboxylic acids is 3. The number of hydrogen-bond donors (Lipinski definition) is 2. The van der Waals surface area contributed by atoms with E-state index in [0.717, 1.165) is 5.56 Å². The van der Waals surface area contributed by atoms with Gasteiger partial charge in [0.2, 0.25) is 11.8 Å². The Morgan fingerprint density at radius 3 is 2.38 bits per heavy atom. The average molecular weight is 302 g/mol. The van der Waals surface area contributed by atoms with Crippen molar-refractivity contribution >= 4 is 41.0 Å². The van der Waals surface area contributed by atoms with Gasteiger partial charge in [0, 0.05) is 6.42 Å². The zero-order valence-corrected chi connectivity index (χ0v) is 12.0. The summed E-state index contributed by atoms with van der Waals surface area (Å²) >= 11 is 4.70. The number of rotatable bonds is 5. The molecule has 1 fully saturated rings. The van der Waals surface area contributed by atoms with Crippen molar-refractivity contribution in [3.63, 3.8) is 0 Å². The maximum atomic E-state index is 11.8. The summed E-state index contributed by atoms with van der Waals surface area (Å²) in [5.41, 5.74) is 0.921. The van der Waals surface area contributed by atoms with Crippen LogP contribution in [0.2, 0.25) is 0 Å². The molecule has 0 unspecified atom stereocenters. The number of hydrogen-bond acceptors (Lipinski definition) is 4. The van der Waals surface area contributed by atoms with Gasteiger partial charge in [-0.1, -0.05) is 36.4 Å². The largest absolute Gasteiger partial charge is 0.302 e. The van der Waals surface area contributed by atoms with Gasteiger partial charge < -0.3 is 10.6 Å². The minimum Gasteiger partial charge on any atom is -0.302 e. The van der Waals surface area contributed by atoms with Crippen LogP contribution >= 0.6 is 12.2 Å². The molecule has 2 amide bonds. The predicted molar refractivity (Wildman–Crippen MR) is 82.1 cm³/mol. The van der Waals surface area contributed by atoms with Crippen LogP contribution in [0.3, 0.4) is 0 Å². The third-order valence-electron chi connectivity index (χ3n) is 3.05. The van der Waals surface area contributed by atoms with Gasteiger partial charge in [0.1, 0.15) is 5.92 Å². The molecule has 1 saturated heterocycles. The molecule has 1 aliphatic rings. The van der Waals surface area contributed by atoms with Crippen molar-refractivity contribution in [2.45, 2.75) is 12.8 Å². The Morgan fingerprint density at radius 1 is 1.14 bits per heavy atom. The second-order valence-corrected chi connectivity index (χ2v) is 5.02. The number of benzene rings is 1. The van der Waals surface area contributed by atoms with E-state index in [4.69, 9.17) is 12.2 Å². The monoisotopic (exact) mass is 302 g/mol. The Kier molecular flexibility index (Phi) is 4.94. The molecular weight excluding hydrogens is 288 g/mol. The molecule has 2 rings (SSSR count). The van der Waals surface area contributed by atoms with Gasteiger partial charge in [-0.15, -0.1) is 0 Å². The van der Waals surface area contributed by atoms with Crippen LogP contribution in [0.5, 0.6) is 0 Å². The Balaban J connectivity index is 1.86. The van der Waals surface area contributed by atoms with E-state index >= 15 is 0 Å². The first-order valence-corrected chi connectivity index (χ1v) is 6.89. The van der Waals surface area contributed by atoms with Crippen LogP contribution in [-0.4, -0.2) is 22.7 Å². The van der Waals surface area contributed by atoms with Gasteiger partial charge in [0.25, 0.3) is 0 Å². The Morgan fingerprint density at radius 2 is 1.76 bits per heavy atom. The second-order valence-electron chi connectivity index (χ2n) is 4.61. The molecule has 0 bridgehead atoms. The van der Waals surface area contributed by atoms with Crippen molar-refractivity contribution < 1.29 is 14.4 Å². The molecule has 5 nitrogen and oxygen atoms in total. The number of allylic oxidation sites excluding steroid dienone is 1. The highest BCUT2D eigenvalue weighted by Crippen LogP contribution is 2.11. The first-order valence-electron chi connectivity index (χ1n) is 6.48. The van der Waals surface area contributed by atoms with Crippen molar-refractivity contribution in [3.05, 3.63) is 42.0 Å². The van der Waals surface area contributed by atoms with Crippen LogP contribution in [-0.2, 0) is 14.4 Å². The molecule has 2 N–H and O–H groups in total. The lowest BCUT2D eigenvalue weighted by atomic mass is 9.98. The lowest BCUT2D eigenvalue weighted by Crippen LogP contribution is -2.55. The topological polar surface area (TPSA) is 75.3 Å². The number of carbonyl (C=O) groups is 3. The van der Waals surface area contributed by atoms with Crippen molar-refractivity contribution in [2.24, 2.45) is 5.92 Å². The molecular formula is C15H14N2O3S. The lowest BCUT2D eigenvalue weighted by Gasteiger charge is -2.21. The van der Waals surface area contributed by atoms with E-state index in [9.17, 15) is 14.4 Å². The summed E-state index contributed by atoms with van der Waals surface area (Å²) in [7, 11) is 0. The summed E-state index contributed by atoms with van der Waals surface area (Å²) in [5.74, 6) is -1.91. The van der Waals surface area contributed by atoms with Crippen LogP contribution in [0.15, 0.2) is 36.4 Å². The minimum atomic E-state index is -0.870. The third kappa shape index (κ3) is 4.32. The smallest absolute Gasteiger partial charge is 0.238 e. The number of amides is 2. The standard InChI is InChI=1S/C15H14N2O3S/c18-11(7-6-10-4-2-1-3-5-10)8-9-12-13(19)16-15(21)17-14(12)20/h1-7,12H,8-9H2,(H2,16,17,19,20,21)/b7-6-. The quantitative estimate of drug-likeness (QED) is 0.487. The van der Waals surface area contributed by atoms with E-state index in [0.29, 0.717) is 0 Å². The van der Waals surface area contributed by atoms with Gasteiger partial charge >= 0.3 is 0 Å². The highest BCUT2D eigenvalue weighted by atomic mass is 32.1. The Hall–Kier alpha value is -2.34. The van der Waals surface area contributed by atoms with Gasteiger partial charge in [-0.25, -0.2) is 0 Å². The molecule has 21 heavy (non-hydrogen) atoms. The Labute approximate surface area is 127 Å². The zero-order valence-electron chi connectivity index (χ0n) is 11.2. The fourth-order valence-electron chi connectivity index (χ4n) is 1.93. The summed E-state index contributed by atoms with van der Waals surface area (Å²) in [5, 5.41) is 4.76. The molecule has 0 aliphatic carbocycles. The SMILES string of the molecule is O=C(/C=C\c1ccccc1)CCC1C(=O)NC(=S)NC1=O. The molecule has 1 aromatic carbocycles. The molecule has 6 heteroatoms. The molecule has 0 spiro atoms. The summed E-state index contributed by atoms with van der Waals surface area (Å²) in [6, 6.07) is 9.41. The summed E-state index contributed by atoms with van der Waals surface area (Å²) in [4.78, 5) is 35.0. The highest BCUT2D eigenvalue weighted by Gasteiger charge is 2.32. The van der Waals surface area contributed by atoms with Crippen molar-refractivity contribution in [2.75, 3.05) is 0 Å². The molecule has 0 aromatic heterocycles. The van der Waals surface area contributed by atoms with Gasteiger partial charge in [-0.3, -0.25) is 14.4 Å². The molecule has 108 valence electrons. The van der Waals surface area contributed by atoms with Crippen LogP contribution in [0, 0.1) is 5.92 Å². The zero-order chi connectivity index (χ0) is 15.2. The third-order valence-corrected chi connectivity index (χ3v) is 3.25. The average Bonchev–Trinajstić information content (AvgIpc) is 2.45. The first kappa shape index (κ1) is 15.1. The molecule has 1 aromatic rings. The maximum Gasteiger partial charge on any atom is 0.238 e. The predicted octanol–water partition coefficient (Wildman–Crippen LogP) is 1.20. The summed E-state index contributed by atoms with van der Waals surface area (Å²) in [6.07, 6.45) is 3.46. The van der Waals surface area contributed by atoms with Gasteiger partial charge in [0.15, 0.2) is 10.9 Å². The van der Waals surface area contributed by atoms with Crippen LogP contribution < -0.4 is 10.6 Å². The summed E-state index contributed by atoms with van der Waals surface area (Å²) in [6.45, 7) is 0. The normalized spacial score (nSPS) is 15.9. The number of nitrogens with one attached hydrogen (secondary N) is 2. The van der Waals surface area contributed by atoms with Gasteiger partial charge in [0.05, 0.1) is 0 Å². The summed E-state index contributed by atoms with van der Waals surface area (Å²) < 4.78 is 0. The molecule has 0 atom stereocenters. The van der Waals surface area contributed by atoms with Crippen molar-refractivity contribution in [1.29, 1.82) is 0 Å². The van der Waals surface area contributed by atoms with E-state index in [1.807, 2.05) is 30.3 Å². The molecule has 0 saturated carbocycles. The van der Waals surface area contributed by atoms with E-state index in [-0.39, 0.29) is 23.7 Å².